The number of nitrogens with one attached hydrogen (secondary N) is 2. The van der Waals surface area contributed by atoms with Crippen LogP contribution in [0.1, 0.15) is 31.4 Å². The van der Waals surface area contributed by atoms with Crippen LogP contribution < -0.4 is 10.6 Å². The van der Waals surface area contributed by atoms with E-state index in [0.29, 0.717) is 12.3 Å². The highest BCUT2D eigenvalue weighted by atomic mass is 16.5. The normalized spacial score (nSPS) is 11.8. The van der Waals surface area contributed by atoms with E-state index in [4.69, 9.17) is 9.15 Å². The summed E-state index contributed by atoms with van der Waals surface area (Å²) in [6.07, 6.45) is -0.447. The molecule has 0 radical (unpaired) electrons. The summed E-state index contributed by atoms with van der Waals surface area (Å²) in [4.78, 5) is 11.3. The summed E-state index contributed by atoms with van der Waals surface area (Å²) in [6.45, 7) is 6.07. The Hall–Kier alpha value is -2.43. The summed E-state index contributed by atoms with van der Waals surface area (Å²) in [5.41, 5.74) is 1.64. The number of hydrogen-bond donors (Lipinski definition) is 2. The molecule has 1 heterocycles. The third-order valence-corrected chi connectivity index (χ3v) is 2.98. The van der Waals surface area contributed by atoms with Gasteiger partial charge in [0.25, 0.3) is 0 Å². The van der Waals surface area contributed by atoms with Crippen LogP contribution >= 0.6 is 0 Å². The van der Waals surface area contributed by atoms with Gasteiger partial charge in [-0.3, -0.25) is 5.32 Å². The van der Waals surface area contributed by atoms with Gasteiger partial charge in [0.2, 0.25) is 0 Å². The molecule has 1 aromatic carbocycles. The van der Waals surface area contributed by atoms with Gasteiger partial charge in [-0.25, -0.2) is 4.79 Å². The van der Waals surface area contributed by atoms with Crippen LogP contribution in [0.25, 0.3) is 0 Å². The molecule has 0 saturated carbocycles. The topological polar surface area (TPSA) is 63.5 Å². The zero-order valence-corrected chi connectivity index (χ0v) is 12.5. The Morgan fingerprint density at radius 1 is 1.19 bits per heavy atom. The molecule has 2 N–H and O–H groups in total. The molecule has 2 rings (SSSR count). The van der Waals surface area contributed by atoms with E-state index in [1.807, 2.05) is 50.2 Å². The molecule has 21 heavy (non-hydrogen) atoms. The second-order valence-corrected chi connectivity index (χ2v) is 4.74. The maximum absolute atomic E-state index is 11.3. The zero-order chi connectivity index (χ0) is 15.2. The van der Waals surface area contributed by atoms with Crippen molar-refractivity contribution in [2.24, 2.45) is 0 Å². The molecule has 1 unspecified atom stereocenters. The van der Waals surface area contributed by atoms with Gasteiger partial charge in [-0.1, -0.05) is 0 Å². The van der Waals surface area contributed by atoms with Crippen LogP contribution in [0.4, 0.5) is 16.2 Å². The van der Waals surface area contributed by atoms with Crippen LogP contribution in [-0.2, 0) is 4.74 Å². The maximum Gasteiger partial charge on any atom is 0.411 e. The van der Waals surface area contributed by atoms with Crippen LogP contribution in [0, 0.1) is 6.92 Å². The molecule has 1 aromatic heterocycles. The van der Waals surface area contributed by atoms with Crippen LogP contribution in [0.15, 0.2) is 40.8 Å². The number of rotatable bonds is 5. The van der Waals surface area contributed by atoms with Crippen molar-refractivity contribution >= 4 is 17.5 Å². The third kappa shape index (κ3) is 4.27. The lowest BCUT2D eigenvalue weighted by molar-refractivity contribution is 0.168. The summed E-state index contributed by atoms with van der Waals surface area (Å²) < 4.78 is 10.4. The quantitative estimate of drug-likeness (QED) is 0.859. The molecule has 2 aromatic rings. The number of aryl methyl sites for hydroxylation is 1. The molecule has 1 amide bonds. The summed E-state index contributed by atoms with van der Waals surface area (Å²) in [5, 5.41) is 5.99. The minimum atomic E-state index is -0.447. The number of benzene rings is 1. The number of furan rings is 1. The van der Waals surface area contributed by atoms with Gasteiger partial charge in [-0.15, -0.1) is 0 Å². The fraction of sp³-hybridized carbons (Fsp3) is 0.312. The third-order valence-electron chi connectivity index (χ3n) is 2.98. The van der Waals surface area contributed by atoms with Gasteiger partial charge in [0, 0.05) is 11.4 Å². The second kappa shape index (κ2) is 6.83. The number of ether oxygens (including phenoxy) is 1. The summed E-state index contributed by atoms with van der Waals surface area (Å²) >= 11 is 0. The Labute approximate surface area is 124 Å². The Morgan fingerprint density at radius 3 is 2.43 bits per heavy atom. The van der Waals surface area contributed by atoms with Crippen molar-refractivity contribution < 1.29 is 13.9 Å². The molecular formula is C16H20N2O3. The molecule has 0 spiro atoms. The number of carbonyl (C=O) groups is 1. The van der Waals surface area contributed by atoms with Crippen molar-refractivity contribution in [1.82, 2.24) is 0 Å². The molecule has 0 saturated heterocycles. The number of anilines is 2. The highest BCUT2D eigenvalue weighted by Gasteiger charge is 2.09. The van der Waals surface area contributed by atoms with E-state index in [1.54, 1.807) is 6.92 Å². The first-order chi connectivity index (χ1) is 10.1. The summed E-state index contributed by atoms with van der Waals surface area (Å²) in [7, 11) is 0. The summed E-state index contributed by atoms with van der Waals surface area (Å²) in [5.74, 6) is 1.79. The van der Waals surface area contributed by atoms with Crippen molar-refractivity contribution in [1.29, 1.82) is 0 Å². The smallest absolute Gasteiger partial charge is 0.411 e. The Bertz CT molecular complexity index is 590. The van der Waals surface area contributed by atoms with E-state index < -0.39 is 6.09 Å². The second-order valence-electron chi connectivity index (χ2n) is 4.74. The van der Waals surface area contributed by atoms with Gasteiger partial charge in [-0.05, 0) is 57.2 Å². The van der Waals surface area contributed by atoms with E-state index in [2.05, 4.69) is 10.6 Å². The standard InChI is InChI=1S/C16H20N2O3/c1-4-20-16(19)18-14-8-6-13(7-9-14)17-12(3)15-10-5-11(2)21-15/h5-10,12,17H,4H2,1-3H3,(H,18,19). The fourth-order valence-electron chi connectivity index (χ4n) is 1.94. The Kier molecular flexibility index (Phi) is 4.87. The Morgan fingerprint density at radius 2 is 1.86 bits per heavy atom. The van der Waals surface area contributed by atoms with Crippen molar-refractivity contribution in [3.8, 4) is 0 Å². The van der Waals surface area contributed by atoms with Crippen LogP contribution in [-0.4, -0.2) is 12.7 Å². The number of carbonyl (C=O) groups excluding carboxylic acids is 1. The van der Waals surface area contributed by atoms with Gasteiger partial charge in [0.1, 0.15) is 11.5 Å². The molecule has 0 aliphatic heterocycles. The zero-order valence-electron chi connectivity index (χ0n) is 12.5. The van der Waals surface area contributed by atoms with Crippen molar-refractivity contribution in [2.45, 2.75) is 26.8 Å². The molecule has 0 bridgehead atoms. The minimum Gasteiger partial charge on any atom is -0.464 e. The van der Waals surface area contributed by atoms with Crippen LogP contribution in [0.2, 0.25) is 0 Å². The monoisotopic (exact) mass is 288 g/mol. The molecule has 5 heteroatoms. The molecular weight excluding hydrogens is 268 g/mol. The molecule has 5 nitrogen and oxygen atoms in total. The van der Waals surface area contributed by atoms with Crippen molar-refractivity contribution in [3.05, 3.63) is 47.9 Å². The number of hydrogen-bond acceptors (Lipinski definition) is 4. The largest absolute Gasteiger partial charge is 0.464 e. The van der Waals surface area contributed by atoms with Crippen molar-refractivity contribution in [2.75, 3.05) is 17.2 Å². The van der Waals surface area contributed by atoms with E-state index >= 15 is 0 Å². The van der Waals surface area contributed by atoms with Crippen LogP contribution in [0.3, 0.4) is 0 Å². The lowest BCUT2D eigenvalue weighted by atomic mass is 10.2. The first kappa shape index (κ1) is 15.0. The average Bonchev–Trinajstić information content (AvgIpc) is 2.88. The van der Waals surface area contributed by atoms with E-state index in [-0.39, 0.29) is 6.04 Å². The Balaban J connectivity index is 1.94. The van der Waals surface area contributed by atoms with E-state index in [1.165, 1.54) is 0 Å². The first-order valence-electron chi connectivity index (χ1n) is 6.95. The highest BCUT2D eigenvalue weighted by molar-refractivity contribution is 5.84. The van der Waals surface area contributed by atoms with Gasteiger partial charge in [0.05, 0.1) is 12.6 Å². The average molecular weight is 288 g/mol. The van der Waals surface area contributed by atoms with Gasteiger partial charge in [0.15, 0.2) is 0 Å². The maximum atomic E-state index is 11.3. The van der Waals surface area contributed by atoms with Gasteiger partial charge < -0.3 is 14.5 Å². The SMILES string of the molecule is CCOC(=O)Nc1ccc(NC(C)c2ccc(C)o2)cc1. The lowest BCUT2D eigenvalue weighted by Crippen LogP contribution is -2.13. The minimum absolute atomic E-state index is 0.0718. The van der Waals surface area contributed by atoms with Crippen LogP contribution in [0.5, 0.6) is 0 Å². The molecule has 1 atom stereocenters. The highest BCUT2D eigenvalue weighted by Crippen LogP contribution is 2.22. The molecule has 0 aliphatic carbocycles. The van der Waals surface area contributed by atoms with E-state index in [9.17, 15) is 4.79 Å². The van der Waals surface area contributed by atoms with E-state index in [0.717, 1.165) is 17.2 Å². The predicted octanol–water partition coefficient (Wildman–Crippen LogP) is 4.33. The lowest BCUT2D eigenvalue weighted by Gasteiger charge is -2.13. The molecule has 0 fully saturated rings. The molecule has 0 aliphatic rings. The first-order valence-corrected chi connectivity index (χ1v) is 6.95. The van der Waals surface area contributed by atoms with Gasteiger partial charge in [-0.2, -0.15) is 0 Å². The van der Waals surface area contributed by atoms with Crippen molar-refractivity contribution in [3.63, 3.8) is 0 Å². The summed E-state index contributed by atoms with van der Waals surface area (Å²) in [6, 6.07) is 11.4. The number of amides is 1. The van der Waals surface area contributed by atoms with Gasteiger partial charge >= 0.3 is 6.09 Å². The predicted molar refractivity (Wildman–Crippen MR) is 82.6 cm³/mol. The molecule has 112 valence electrons. The fourth-order valence-corrected chi connectivity index (χ4v) is 1.94.